The van der Waals surface area contributed by atoms with Crippen molar-refractivity contribution in [2.24, 2.45) is 5.84 Å². The van der Waals surface area contributed by atoms with Crippen molar-refractivity contribution in [1.82, 2.24) is 9.97 Å². The van der Waals surface area contributed by atoms with E-state index in [-0.39, 0.29) is 11.5 Å². The molecular formula is C15H27N5O. The molecule has 3 N–H and O–H groups in total. The number of nitrogen functional groups attached to an aromatic ring is 1. The van der Waals surface area contributed by atoms with Crippen LogP contribution in [0.15, 0.2) is 6.07 Å². The zero-order valence-corrected chi connectivity index (χ0v) is 13.5. The first-order valence-corrected chi connectivity index (χ1v) is 7.59. The van der Waals surface area contributed by atoms with Crippen LogP contribution in [0.5, 0.6) is 0 Å². The first-order valence-electron chi connectivity index (χ1n) is 7.59. The average Bonchev–Trinajstić information content (AvgIpc) is 2.46. The lowest BCUT2D eigenvalue weighted by Gasteiger charge is -2.29. The Labute approximate surface area is 127 Å². The molecule has 0 radical (unpaired) electrons. The fourth-order valence-electron chi connectivity index (χ4n) is 2.39. The maximum Gasteiger partial charge on any atom is 0.145 e. The highest BCUT2D eigenvalue weighted by Gasteiger charge is 2.21. The van der Waals surface area contributed by atoms with Crippen LogP contribution in [-0.4, -0.2) is 36.3 Å². The van der Waals surface area contributed by atoms with Gasteiger partial charge >= 0.3 is 0 Å². The Morgan fingerprint density at radius 1 is 1.38 bits per heavy atom. The van der Waals surface area contributed by atoms with Crippen molar-refractivity contribution in [2.45, 2.75) is 51.6 Å². The molecule has 0 bridgehead atoms. The third kappa shape index (κ3) is 4.28. The highest BCUT2D eigenvalue weighted by atomic mass is 16.5. The molecule has 1 aromatic rings. The quantitative estimate of drug-likeness (QED) is 0.654. The lowest BCUT2D eigenvalue weighted by Crippen LogP contribution is -2.34. The third-order valence-corrected chi connectivity index (χ3v) is 3.67. The SMILES string of the molecule is CN(CC1CCCCO1)c1cc(NN)nc(C(C)(C)C)n1. The third-order valence-electron chi connectivity index (χ3n) is 3.67. The maximum atomic E-state index is 5.80. The summed E-state index contributed by atoms with van der Waals surface area (Å²) in [4.78, 5) is 11.2. The molecule has 0 saturated carbocycles. The summed E-state index contributed by atoms with van der Waals surface area (Å²) in [5, 5.41) is 0. The Bertz CT molecular complexity index is 466. The van der Waals surface area contributed by atoms with Crippen molar-refractivity contribution >= 4 is 11.6 Å². The van der Waals surface area contributed by atoms with Crippen molar-refractivity contribution in [3.05, 3.63) is 11.9 Å². The molecule has 6 nitrogen and oxygen atoms in total. The van der Waals surface area contributed by atoms with Crippen LogP contribution in [0.1, 0.15) is 45.9 Å². The second kappa shape index (κ2) is 6.58. The number of nitrogens with two attached hydrogens (primary N) is 1. The molecule has 0 aromatic carbocycles. The van der Waals surface area contributed by atoms with Gasteiger partial charge in [0.15, 0.2) is 0 Å². The number of aromatic nitrogens is 2. The van der Waals surface area contributed by atoms with Crippen LogP contribution < -0.4 is 16.2 Å². The van der Waals surface area contributed by atoms with Crippen LogP contribution in [-0.2, 0) is 10.2 Å². The predicted molar refractivity (Wildman–Crippen MR) is 85.4 cm³/mol. The molecule has 1 aliphatic rings. The molecule has 118 valence electrons. The summed E-state index contributed by atoms with van der Waals surface area (Å²) in [6.07, 6.45) is 3.81. The zero-order valence-electron chi connectivity index (χ0n) is 13.5. The molecule has 1 aliphatic heterocycles. The van der Waals surface area contributed by atoms with Crippen molar-refractivity contribution in [2.75, 3.05) is 30.5 Å². The van der Waals surface area contributed by atoms with Gasteiger partial charge < -0.3 is 15.1 Å². The van der Waals surface area contributed by atoms with Crippen LogP contribution in [0, 0.1) is 0 Å². The summed E-state index contributed by atoms with van der Waals surface area (Å²) >= 11 is 0. The van der Waals surface area contributed by atoms with Gasteiger partial charge in [-0.05, 0) is 19.3 Å². The first kappa shape index (κ1) is 16.0. The molecule has 1 atom stereocenters. The number of hydrogen-bond acceptors (Lipinski definition) is 6. The van der Waals surface area contributed by atoms with E-state index in [2.05, 4.69) is 41.1 Å². The highest BCUT2D eigenvalue weighted by molar-refractivity contribution is 5.49. The van der Waals surface area contributed by atoms with E-state index >= 15 is 0 Å². The summed E-state index contributed by atoms with van der Waals surface area (Å²) in [5.74, 6) is 7.83. The summed E-state index contributed by atoms with van der Waals surface area (Å²) in [7, 11) is 2.03. The number of anilines is 2. The van der Waals surface area contributed by atoms with Crippen LogP contribution in [0.2, 0.25) is 0 Å². The summed E-state index contributed by atoms with van der Waals surface area (Å²) in [6.45, 7) is 7.99. The Morgan fingerprint density at radius 2 is 2.14 bits per heavy atom. The molecule has 1 aromatic heterocycles. The highest BCUT2D eigenvalue weighted by Crippen LogP contribution is 2.24. The molecule has 1 saturated heterocycles. The van der Waals surface area contributed by atoms with Gasteiger partial charge in [0.2, 0.25) is 0 Å². The largest absolute Gasteiger partial charge is 0.376 e. The van der Waals surface area contributed by atoms with Gasteiger partial charge in [-0.1, -0.05) is 20.8 Å². The number of nitrogens with one attached hydrogen (secondary N) is 1. The van der Waals surface area contributed by atoms with Crippen molar-refractivity contribution in [3.8, 4) is 0 Å². The Kier molecular flexibility index (Phi) is 5.00. The van der Waals surface area contributed by atoms with E-state index in [9.17, 15) is 0 Å². The molecule has 0 amide bonds. The Morgan fingerprint density at radius 3 is 2.71 bits per heavy atom. The van der Waals surface area contributed by atoms with Gasteiger partial charge in [0.25, 0.3) is 0 Å². The van der Waals surface area contributed by atoms with Gasteiger partial charge in [0.05, 0.1) is 6.10 Å². The average molecular weight is 293 g/mol. The van der Waals surface area contributed by atoms with Crippen molar-refractivity contribution < 1.29 is 4.74 Å². The lowest BCUT2D eigenvalue weighted by molar-refractivity contribution is 0.0215. The molecule has 1 fully saturated rings. The van der Waals surface area contributed by atoms with E-state index in [1.165, 1.54) is 12.8 Å². The standard InChI is InChI=1S/C15H27N5O/c1-15(2,3)14-17-12(19-16)9-13(18-14)20(4)10-11-7-5-6-8-21-11/h9,11H,5-8,10,16H2,1-4H3,(H,17,18,19). The van der Waals surface area contributed by atoms with E-state index in [0.717, 1.165) is 31.2 Å². The fourth-order valence-corrected chi connectivity index (χ4v) is 2.39. The second-order valence-electron chi connectivity index (χ2n) is 6.70. The first-order chi connectivity index (χ1) is 9.90. The molecule has 6 heteroatoms. The van der Waals surface area contributed by atoms with E-state index < -0.39 is 0 Å². The van der Waals surface area contributed by atoms with Crippen LogP contribution in [0.25, 0.3) is 0 Å². The fraction of sp³-hybridized carbons (Fsp3) is 0.733. The maximum absolute atomic E-state index is 5.80. The normalized spacial score (nSPS) is 19.4. The Hall–Kier alpha value is -1.40. The van der Waals surface area contributed by atoms with Crippen LogP contribution in [0.4, 0.5) is 11.6 Å². The van der Waals surface area contributed by atoms with Crippen LogP contribution >= 0.6 is 0 Å². The van der Waals surface area contributed by atoms with Crippen molar-refractivity contribution in [3.63, 3.8) is 0 Å². The van der Waals surface area contributed by atoms with E-state index in [1.54, 1.807) is 0 Å². The molecule has 0 aliphatic carbocycles. The predicted octanol–water partition coefficient (Wildman–Crippen LogP) is 2.06. The lowest BCUT2D eigenvalue weighted by atomic mass is 9.96. The minimum Gasteiger partial charge on any atom is -0.376 e. The van der Waals surface area contributed by atoms with Gasteiger partial charge in [0, 0.05) is 31.7 Å². The molecule has 0 spiro atoms. The van der Waals surface area contributed by atoms with Gasteiger partial charge in [-0.25, -0.2) is 15.8 Å². The number of rotatable bonds is 4. The van der Waals surface area contributed by atoms with E-state index in [1.807, 2.05) is 13.1 Å². The number of hydrogen-bond donors (Lipinski definition) is 2. The van der Waals surface area contributed by atoms with Crippen molar-refractivity contribution in [1.29, 1.82) is 0 Å². The molecule has 1 unspecified atom stereocenters. The minimum absolute atomic E-state index is 0.121. The van der Waals surface area contributed by atoms with Gasteiger partial charge in [-0.3, -0.25) is 0 Å². The summed E-state index contributed by atoms with van der Waals surface area (Å²) in [5.41, 5.74) is 2.51. The van der Waals surface area contributed by atoms with E-state index in [0.29, 0.717) is 5.82 Å². The number of ether oxygens (including phenoxy) is 1. The monoisotopic (exact) mass is 293 g/mol. The molecule has 2 heterocycles. The summed E-state index contributed by atoms with van der Waals surface area (Å²) < 4.78 is 5.80. The Balaban J connectivity index is 2.17. The second-order valence-corrected chi connectivity index (χ2v) is 6.70. The molecule has 21 heavy (non-hydrogen) atoms. The number of likely N-dealkylation sites (N-methyl/N-ethyl adjacent to an activating group) is 1. The topological polar surface area (TPSA) is 76.3 Å². The number of hydrazine groups is 1. The van der Waals surface area contributed by atoms with Crippen LogP contribution in [0.3, 0.4) is 0 Å². The smallest absolute Gasteiger partial charge is 0.145 e. The van der Waals surface area contributed by atoms with Gasteiger partial charge in [-0.2, -0.15) is 0 Å². The molecular weight excluding hydrogens is 266 g/mol. The van der Waals surface area contributed by atoms with Gasteiger partial charge in [-0.15, -0.1) is 0 Å². The number of nitrogens with zero attached hydrogens (tertiary/aromatic N) is 3. The van der Waals surface area contributed by atoms with E-state index in [4.69, 9.17) is 10.6 Å². The summed E-state index contributed by atoms with van der Waals surface area (Å²) in [6, 6.07) is 1.87. The molecule has 2 rings (SSSR count). The zero-order chi connectivity index (χ0) is 15.5. The van der Waals surface area contributed by atoms with Gasteiger partial charge in [0.1, 0.15) is 17.5 Å². The minimum atomic E-state index is -0.121.